The van der Waals surface area contributed by atoms with Gasteiger partial charge in [-0.15, -0.1) is 0 Å². The van der Waals surface area contributed by atoms with Crippen LogP contribution in [0.4, 0.5) is 14.5 Å². The first-order valence-electron chi connectivity index (χ1n) is 7.58. The van der Waals surface area contributed by atoms with Crippen molar-refractivity contribution in [1.82, 2.24) is 4.57 Å². The minimum atomic E-state index is -2.91. The molecule has 0 radical (unpaired) electrons. The Labute approximate surface area is 151 Å². The number of fused-ring (bicyclic) bond motifs is 1. The number of nitriles is 1. The van der Waals surface area contributed by atoms with Crippen molar-refractivity contribution >= 4 is 27.6 Å². The van der Waals surface area contributed by atoms with Gasteiger partial charge in [-0.25, -0.2) is 4.21 Å². The molecule has 26 heavy (non-hydrogen) atoms. The highest BCUT2D eigenvalue weighted by Gasteiger charge is 2.18. The van der Waals surface area contributed by atoms with Crippen molar-refractivity contribution in [2.24, 2.45) is 7.05 Å². The second-order valence-corrected chi connectivity index (χ2v) is 6.70. The fourth-order valence-corrected chi connectivity index (χ4v) is 3.37. The van der Waals surface area contributed by atoms with Gasteiger partial charge in [0.2, 0.25) is 0 Å². The summed E-state index contributed by atoms with van der Waals surface area (Å²) in [5, 5.41) is 10.3. The van der Waals surface area contributed by atoms with Gasteiger partial charge < -0.3 is 14.0 Å². The summed E-state index contributed by atoms with van der Waals surface area (Å²) in [6.45, 7) is -2.91. The smallest absolute Gasteiger partial charge is 0.387 e. The molecule has 3 aromatic rings. The highest BCUT2D eigenvalue weighted by Crippen LogP contribution is 2.35. The molecule has 1 heterocycles. The van der Waals surface area contributed by atoms with Gasteiger partial charge in [-0.3, -0.25) is 0 Å². The number of aromatic nitrogens is 1. The Kier molecular flexibility index (Phi) is 4.91. The minimum absolute atomic E-state index is 0.0362. The van der Waals surface area contributed by atoms with E-state index in [1.54, 1.807) is 41.9 Å². The molecule has 134 valence electrons. The van der Waals surface area contributed by atoms with Gasteiger partial charge in [-0.1, -0.05) is 12.1 Å². The topological polar surface area (TPSA) is 67.0 Å². The van der Waals surface area contributed by atoms with Gasteiger partial charge in [-0.2, -0.15) is 14.0 Å². The van der Waals surface area contributed by atoms with Crippen LogP contribution >= 0.6 is 0 Å². The molecule has 0 aliphatic heterocycles. The normalized spacial score (nSPS) is 12.2. The summed E-state index contributed by atoms with van der Waals surface area (Å²) in [5.74, 6) is 0.0362. The number of hydrogen-bond donors (Lipinski definition) is 1. The molecular weight excluding hydrogens is 360 g/mol. The number of ether oxygens (including phenoxy) is 1. The minimum Gasteiger partial charge on any atom is -0.435 e. The number of nitrogens with zero attached hydrogens (tertiary/aromatic N) is 2. The first kappa shape index (κ1) is 17.9. The van der Waals surface area contributed by atoms with Crippen LogP contribution in [0.5, 0.6) is 5.75 Å². The van der Waals surface area contributed by atoms with Gasteiger partial charge >= 0.3 is 6.61 Å². The number of rotatable bonds is 5. The van der Waals surface area contributed by atoms with Crippen molar-refractivity contribution in [3.8, 4) is 23.1 Å². The zero-order valence-electron chi connectivity index (χ0n) is 14.0. The molecule has 1 N–H and O–H groups in total. The molecule has 1 aromatic heterocycles. The van der Waals surface area contributed by atoms with E-state index in [9.17, 15) is 18.3 Å². The Morgan fingerprint density at radius 2 is 1.92 bits per heavy atom. The third-order valence-electron chi connectivity index (χ3n) is 3.93. The van der Waals surface area contributed by atoms with E-state index in [4.69, 9.17) is 0 Å². The van der Waals surface area contributed by atoms with Gasteiger partial charge in [0, 0.05) is 30.4 Å². The average Bonchev–Trinajstić information content (AvgIpc) is 2.86. The molecule has 0 aliphatic rings. The monoisotopic (exact) mass is 375 g/mol. The second-order valence-electron chi connectivity index (χ2n) is 5.59. The van der Waals surface area contributed by atoms with Crippen LogP contribution in [0, 0.1) is 11.3 Å². The van der Waals surface area contributed by atoms with Crippen molar-refractivity contribution in [3.05, 3.63) is 48.0 Å². The van der Waals surface area contributed by atoms with Gasteiger partial charge in [0.05, 0.1) is 16.8 Å². The highest BCUT2D eigenvalue weighted by molar-refractivity contribution is 7.85. The maximum Gasteiger partial charge on any atom is 0.387 e. The summed E-state index contributed by atoms with van der Waals surface area (Å²) < 4.78 is 45.2. The lowest BCUT2D eigenvalue weighted by Crippen LogP contribution is -2.02. The molecule has 0 saturated carbocycles. The third kappa shape index (κ3) is 3.39. The Morgan fingerprint density at radius 1 is 1.23 bits per heavy atom. The number of halogens is 2. The van der Waals surface area contributed by atoms with Crippen molar-refractivity contribution in [2.45, 2.75) is 6.61 Å². The predicted octanol–water partition coefficient (Wildman–Crippen LogP) is 4.02. The first-order chi connectivity index (χ1) is 12.4. The SMILES string of the molecule is Cn1c(-c2ccc(NS(C)=O)cc2)c(C#N)c2ccc(OC(F)F)cc21. The number of hydrogen-bond acceptors (Lipinski definition) is 3. The van der Waals surface area contributed by atoms with Crippen molar-refractivity contribution in [3.63, 3.8) is 0 Å². The van der Waals surface area contributed by atoms with Gasteiger partial charge in [0.25, 0.3) is 0 Å². The van der Waals surface area contributed by atoms with Crippen LogP contribution in [0.2, 0.25) is 0 Å². The molecule has 8 heteroatoms. The Balaban J connectivity index is 2.12. The molecule has 0 fully saturated rings. The van der Waals surface area contributed by atoms with E-state index in [0.717, 1.165) is 5.56 Å². The molecule has 0 spiro atoms. The van der Waals surface area contributed by atoms with Crippen LogP contribution in [0.1, 0.15) is 5.56 Å². The largest absolute Gasteiger partial charge is 0.435 e. The number of nitrogens with one attached hydrogen (secondary N) is 1. The Hall–Kier alpha value is -2.92. The molecule has 3 rings (SSSR count). The lowest BCUT2D eigenvalue weighted by Gasteiger charge is -2.08. The molecule has 1 atom stereocenters. The fraction of sp³-hybridized carbons (Fsp3) is 0.167. The zero-order chi connectivity index (χ0) is 18.8. The van der Waals surface area contributed by atoms with E-state index in [1.165, 1.54) is 18.4 Å². The molecule has 1 unspecified atom stereocenters. The zero-order valence-corrected chi connectivity index (χ0v) is 14.8. The molecule has 0 amide bonds. The van der Waals surface area contributed by atoms with Gasteiger partial charge in [0.15, 0.2) is 0 Å². The molecular formula is C18H15F2N3O2S. The summed E-state index contributed by atoms with van der Waals surface area (Å²) in [4.78, 5) is 0. The van der Waals surface area contributed by atoms with Crippen LogP contribution < -0.4 is 9.46 Å². The number of anilines is 1. The molecule has 2 aromatic carbocycles. The standard InChI is InChI=1S/C18H15F2N3O2S/c1-23-16-9-13(25-18(19)20)7-8-14(16)15(10-21)17(23)11-3-5-12(6-4-11)22-26(2)24/h3-9,18,22H,1-2H3. The van der Waals surface area contributed by atoms with Crippen LogP contribution in [0.15, 0.2) is 42.5 Å². The van der Waals surface area contributed by atoms with Crippen molar-refractivity contribution < 1.29 is 17.7 Å². The molecule has 0 aliphatic carbocycles. The highest BCUT2D eigenvalue weighted by atomic mass is 32.2. The Morgan fingerprint density at radius 3 is 2.50 bits per heavy atom. The van der Waals surface area contributed by atoms with Crippen molar-refractivity contribution in [2.75, 3.05) is 11.0 Å². The summed E-state index contributed by atoms with van der Waals surface area (Å²) in [5.41, 5.74) is 3.21. The van der Waals surface area contributed by atoms with Gasteiger partial charge in [0.1, 0.15) is 22.8 Å². The Bertz CT molecular complexity index is 1020. The quantitative estimate of drug-likeness (QED) is 0.732. The van der Waals surface area contributed by atoms with E-state index in [0.29, 0.717) is 27.8 Å². The lowest BCUT2D eigenvalue weighted by molar-refractivity contribution is -0.0497. The summed E-state index contributed by atoms with van der Waals surface area (Å²) in [6.07, 6.45) is 1.53. The summed E-state index contributed by atoms with van der Waals surface area (Å²) >= 11 is 0. The number of benzene rings is 2. The van der Waals surface area contributed by atoms with E-state index < -0.39 is 17.6 Å². The van der Waals surface area contributed by atoms with Crippen LogP contribution in [0.3, 0.4) is 0 Å². The average molecular weight is 375 g/mol. The molecule has 5 nitrogen and oxygen atoms in total. The third-order valence-corrected chi connectivity index (χ3v) is 4.45. The van der Waals surface area contributed by atoms with Crippen LogP contribution in [-0.4, -0.2) is 21.6 Å². The number of aryl methyl sites for hydroxylation is 1. The molecule has 0 bridgehead atoms. The number of alkyl halides is 2. The maximum absolute atomic E-state index is 12.5. The van der Waals surface area contributed by atoms with E-state index >= 15 is 0 Å². The first-order valence-corrected chi connectivity index (χ1v) is 9.14. The second kappa shape index (κ2) is 7.14. The van der Waals surface area contributed by atoms with E-state index in [1.807, 2.05) is 0 Å². The molecule has 0 saturated heterocycles. The fourth-order valence-electron chi connectivity index (χ4n) is 2.91. The van der Waals surface area contributed by atoms with Crippen molar-refractivity contribution in [1.29, 1.82) is 5.26 Å². The van der Waals surface area contributed by atoms with Crippen LogP contribution in [-0.2, 0) is 18.0 Å². The lowest BCUT2D eigenvalue weighted by atomic mass is 10.1. The maximum atomic E-state index is 12.5. The van der Waals surface area contributed by atoms with E-state index in [-0.39, 0.29) is 5.75 Å². The van der Waals surface area contributed by atoms with Crippen LogP contribution in [0.25, 0.3) is 22.2 Å². The van der Waals surface area contributed by atoms with E-state index in [2.05, 4.69) is 15.5 Å². The summed E-state index contributed by atoms with van der Waals surface area (Å²) in [7, 11) is 0.581. The van der Waals surface area contributed by atoms with Gasteiger partial charge in [-0.05, 0) is 29.8 Å². The summed E-state index contributed by atoms with van der Waals surface area (Å²) in [6, 6.07) is 13.8. The predicted molar refractivity (Wildman–Crippen MR) is 97.4 cm³/mol.